The zero-order chi connectivity index (χ0) is 29.9. The first-order chi connectivity index (χ1) is 20.1. The molecule has 2 aliphatic rings. The first-order valence-corrected chi connectivity index (χ1v) is 14.1. The van der Waals surface area contributed by atoms with Gasteiger partial charge in [0, 0.05) is 24.9 Å². The number of hydrogen-bond acceptors (Lipinski definition) is 6. The Morgan fingerprint density at radius 1 is 0.929 bits per heavy atom. The molecule has 0 spiro atoms. The third-order valence-corrected chi connectivity index (χ3v) is 7.60. The molecule has 5 rings (SSSR count). The SMILES string of the molecule is CC(C)(C)OC(=O)N1CC[C@H](COc2cccc(C(=O)O)c2)[C@H](NC(=O)OCC2c3ccccc3-c3ccccc32)C1. The fraction of sp³-hybridized carbons (Fsp3) is 0.364. The van der Waals surface area contributed by atoms with Gasteiger partial charge in [0.15, 0.2) is 0 Å². The van der Waals surface area contributed by atoms with E-state index >= 15 is 0 Å². The summed E-state index contributed by atoms with van der Waals surface area (Å²) in [5, 5.41) is 12.3. The fourth-order valence-corrected chi connectivity index (χ4v) is 5.57. The minimum absolute atomic E-state index is 0.0755. The van der Waals surface area contributed by atoms with E-state index in [2.05, 4.69) is 29.6 Å². The van der Waals surface area contributed by atoms with Crippen LogP contribution in [0.15, 0.2) is 72.8 Å². The first-order valence-electron chi connectivity index (χ1n) is 14.1. The molecule has 0 radical (unpaired) electrons. The second-order valence-electron chi connectivity index (χ2n) is 11.7. The van der Waals surface area contributed by atoms with Crippen molar-refractivity contribution in [2.24, 2.45) is 5.92 Å². The van der Waals surface area contributed by atoms with Gasteiger partial charge in [0.05, 0.1) is 18.2 Å². The number of carboxylic acids is 1. The van der Waals surface area contributed by atoms with Gasteiger partial charge in [-0.05, 0) is 67.6 Å². The second-order valence-corrected chi connectivity index (χ2v) is 11.7. The molecule has 42 heavy (non-hydrogen) atoms. The maximum Gasteiger partial charge on any atom is 0.410 e. The number of benzene rings is 3. The monoisotopic (exact) mass is 572 g/mol. The molecule has 0 aromatic heterocycles. The van der Waals surface area contributed by atoms with Gasteiger partial charge < -0.3 is 29.5 Å². The Kier molecular flexibility index (Phi) is 8.38. The van der Waals surface area contributed by atoms with E-state index in [9.17, 15) is 19.5 Å². The molecule has 1 saturated heterocycles. The molecule has 2 N–H and O–H groups in total. The van der Waals surface area contributed by atoms with E-state index in [4.69, 9.17) is 14.2 Å². The van der Waals surface area contributed by atoms with Crippen LogP contribution in [0.1, 0.15) is 54.6 Å². The summed E-state index contributed by atoms with van der Waals surface area (Å²) < 4.78 is 17.3. The quantitative estimate of drug-likeness (QED) is 0.361. The van der Waals surface area contributed by atoms with E-state index in [0.717, 1.165) is 22.3 Å². The molecular weight excluding hydrogens is 536 g/mol. The van der Waals surface area contributed by atoms with Gasteiger partial charge in [-0.2, -0.15) is 0 Å². The number of nitrogens with zero attached hydrogens (tertiary/aromatic N) is 1. The summed E-state index contributed by atoms with van der Waals surface area (Å²) in [6.45, 7) is 6.48. The predicted octanol–water partition coefficient (Wildman–Crippen LogP) is 5.93. The number of carbonyl (C=O) groups is 3. The molecule has 0 saturated carbocycles. The van der Waals surface area contributed by atoms with E-state index in [1.807, 2.05) is 45.0 Å². The Balaban J connectivity index is 1.27. The summed E-state index contributed by atoms with van der Waals surface area (Å²) in [4.78, 5) is 38.9. The highest BCUT2D eigenvalue weighted by Crippen LogP contribution is 2.44. The highest BCUT2D eigenvalue weighted by atomic mass is 16.6. The van der Waals surface area contributed by atoms with Crippen LogP contribution in [0.3, 0.4) is 0 Å². The lowest BCUT2D eigenvalue weighted by Gasteiger charge is -2.39. The van der Waals surface area contributed by atoms with E-state index in [1.165, 1.54) is 12.1 Å². The average Bonchev–Trinajstić information content (AvgIpc) is 3.28. The standard InChI is InChI=1S/C33H36N2O7/c1-33(2,3)42-32(39)35-16-15-22(19-40-23-10-8-9-21(17-23)30(36)37)29(18-35)34-31(38)41-20-28-26-13-6-4-11-24(26)25-12-5-7-14-27(25)28/h4-14,17,22,28-29H,15-16,18-20H2,1-3H3,(H,34,38)(H,36,37)/t22-,29-/m1/s1. The molecule has 1 fully saturated rings. The van der Waals surface area contributed by atoms with Crippen LogP contribution < -0.4 is 10.1 Å². The van der Waals surface area contributed by atoms with E-state index < -0.39 is 29.8 Å². The highest BCUT2D eigenvalue weighted by molar-refractivity contribution is 5.88. The van der Waals surface area contributed by atoms with Crippen LogP contribution in [0.2, 0.25) is 0 Å². The van der Waals surface area contributed by atoms with Gasteiger partial charge in [0.2, 0.25) is 0 Å². The molecule has 2 atom stereocenters. The number of likely N-dealkylation sites (tertiary alicyclic amines) is 1. The molecule has 0 bridgehead atoms. The van der Waals surface area contributed by atoms with Gasteiger partial charge in [0.25, 0.3) is 0 Å². The Bertz CT molecular complexity index is 1420. The maximum atomic E-state index is 13.2. The van der Waals surface area contributed by atoms with Gasteiger partial charge >= 0.3 is 18.2 Å². The molecular formula is C33H36N2O7. The van der Waals surface area contributed by atoms with Crippen molar-refractivity contribution in [3.05, 3.63) is 89.5 Å². The first kappa shape index (κ1) is 29.0. The third-order valence-electron chi connectivity index (χ3n) is 7.60. The van der Waals surface area contributed by atoms with E-state index in [1.54, 1.807) is 17.0 Å². The van der Waals surface area contributed by atoms with Crippen LogP contribution in [0.5, 0.6) is 5.75 Å². The number of piperidine rings is 1. The number of rotatable bonds is 7. The zero-order valence-electron chi connectivity index (χ0n) is 24.0. The van der Waals surface area contributed by atoms with Crippen molar-refractivity contribution in [2.45, 2.75) is 44.8 Å². The van der Waals surface area contributed by atoms with Crippen molar-refractivity contribution in [1.29, 1.82) is 0 Å². The van der Waals surface area contributed by atoms with Crippen LogP contribution in [-0.2, 0) is 9.47 Å². The Morgan fingerprint density at radius 2 is 1.60 bits per heavy atom. The number of fused-ring (bicyclic) bond motifs is 3. The summed E-state index contributed by atoms with van der Waals surface area (Å²) in [7, 11) is 0. The maximum absolute atomic E-state index is 13.2. The summed E-state index contributed by atoms with van der Waals surface area (Å²) in [5.41, 5.74) is 4.01. The van der Waals surface area contributed by atoms with Crippen molar-refractivity contribution in [3.8, 4) is 16.9 Å². The molecule has 9 heteroatoms. The molecule has 1 aliphatic heterocycles. The minimum Gasteiger partial charge on any atom is -0.493 e. The molecule has 3 aromatic carbocycles. The number of aromatic carboxylic acids is 1. The van der Waals surface area contributed by atoms with Gasteiger partial charge in [-0.1, -0.05) is 54.6 Å². The van der Waals surface area contributed by atoms with Gasteiger partial charge in [0.1, 0.15) is 18.0 Å². The van der Waals surface area contributed by atoms with Crippen molar-refractivity contribution in [1.82, 2.24) is 10.2 Å². The molecule has 0 unspecified atom stereocenters. The van der Waals surface area contributed by atoms with Crippen LogP contribution in [0.4, 0.5) is 9.59 Å². The van der Waals surface area contributed by atoms with Crippen LogP contribution >= 0.6 is 0 Å². The largest absolute Gasteiger partial charge is 0.493 e. The number of ether oxygens (including phenoxy) is 3. The van der Waals surface area contributed by atoms with Crippen molar-refractivity contribution in [2.75, 3.05) is 26.3 Å². The smallest absolute Gasteiger partial charge is 0.410 e. The molecule has 3 aromatic rings. The summed E-state index contributed by atoms with van der Waals surface area (Å²) >= 11 is 0. The summed E-state index contributed by atoms with van der Waals surface area (Å²) in [5.74, 6) is -0.851. The number of hydrogen-bond donors (Lipinski definition) is 2. The Hall–Kier alpha value is -4.53. The Morgan fingerprint density at radius 3 is 2.24 bits per heavy atom. The molecule has 1 heterocycles. The molecule has 2 amide bonds. The summed E-state index contributed by atoms with van der Waals surface area (Å²) in [6, 6.07) is 22.1. The van der Waals surface area contributed by atoms with Gasteiger partial charge in [-0.15, -0.1) is 0 Å². The van der Waals surface area contributed by atoms with Crippen LogP contribution in [0.25, 0.3) is 11.1 Å². The normalized spacial score (nSPS) is 18.0. The lowest BCUT2D eigenvalue weighted by molar-refractivity contribution is 0.0105. The number of alkyl carbamates (subject to hydrolysis) is 1. The van der Waals surface area contributed by atoms with Gasteiger partial charge in [-0.25, -0.2) is 14.4 Å². The topological polar surface area (TPSA) is 114 Å². The average molecular weight is 573 g/mol. The molecule has 220 valence electrons. The van der Waals surface area contributed by atoms with Gasteiger partial charge in [-0.3, -0.25) is 0 Å². The molecule has 9 nitrogen and oxygen atoms in total. The minimum atomic E-state index is -1.04. The van der Waals surface area contributed by atoms with Crippen LogP contribution in [-0.4, -0.2) is 66.1 Å². The summed E-state index contributed by atoms with van der Waals surface area (Å²) in [6.07, 6.45) is -0.479. The van der Waals surface area contributed by atoms with E-state index in [0.29, 0.717) is 18.7 Å². The highest BCUT2D eigenvalue weighted by Gasteiger charge is 2.36. The van der Waals surface area contributed by atoms with Crippen LogP contribution in [0, 0.1) is 5.92 Å². The van der Waals surface area contributed by atoms with Crippen molar-refractivity contribution < 1.29 is 33.7 Å². The van der Waals surface area contributed by atoms with Crippen molar-refractivity contribution >= 4 is 18.2 Å². The molecule has 1 aliphatic carbocycles. The van der Waals surface area contributed by atoms with E-state index in [-0.39, 0.29) is 37.2 Å². The Labute approximate surface area is 245 Å². The van der Waals surface area contributed by atoms with Crippen molar-refractivity contribution in [3.63, 3.8) is 0 Å². The predicted molar refractivity (Wildman–Crippen MR) is 157 cm³/mol. The fourth-order valence-electron chi connectivity index (χ4n) is 5.57. The lowest BCUT2D eigenvalue weighted by Crippen LogP contribution is -2.56. The number of carboxylic acid groups (broad SMARTS) is 1. The number of carbonyl (C=O) groups excluding carboxylic acids is 2. The number of nitrogens with one attached hydrogen (secondary N) is 1. The second kappa shape index (κ2) is 12.1. The lowest BCUT2D eigenvalue weighted by atomic mass is 9.92. The third kappa shape index (κ3) is 6.67. The number of amides is 2. The zero-order valence-corrected chi connectivity index (χ0v) is 24.0.